The Kier molecular flexibility index (Phi) is 5.62. The molecule has 4 aromatic rings. The Morgan fingerprint density at radius 3 is 2.55 bits per heavy atom. The largest absolute Gasteiger partial charge is 0.497 e. The van der Waals surface area contributed by atoms with Crippen molar-refractivity contribution >= 4 is 40.2 Å². The molecule has 166 valence electrons. The monoisotopic (exact) mass is 478 g/mol. The van der Waals surface area contributed by atoms with Crippen molar-refractivity contribution in [2.75, 3.05) is 12.0 Å². The van der Waals surface area contributed by atoms with E-state index in [1.165, 1.54) is 11.3 Å². The standard InChI is InChI=1S/C24H19ClN4O3S/c1-14-20(23-27-22(28-32-23)19-4-3-13-33-19)21(15-5-7-16(25)8-6-15)26-24(30)29(14)17-9-11-18(31-2)12-10-17/h3-13,21H,1-2H3,(H,26,30). The summed E-state index contributed by atoms with van der Waals surface area (Å²) in [5, 5.41) is 9.82. The number of carbonyl (C=O) groups is 1. The average Bonchev–Trinajstić information content (AvgIpc) is 3.52. The fraction of sp³-hybridized carbons (Fsp3) is 0.125. The zero-order valence-electron chi connectivity index (χ0n) is 17.8. The van der Waals surface area contributed by atoms with Gasteiger partial charge in [0.1, 0.15) is 5.75 Å². The van der Waals surface area contributed by atoms with Crippen LogP contribution < -0.4 is 15.0 Å². The fourth-order valence-corrected chi connectivity index (χ4v) is 4.58. The summed E-state index contributed by atoms with van der Waals surface area (Å²) in [5.41, 5.74) is 2.94. The Balaban J connectivity index is 1.64. The van der Waals surface area contributed by atoms with Crippen molar-refractivity contribution in [3.8, 4) is 16.5 Å². The quantitative estimate of drug-likeness (QED) is 0.371. The molecule has 0 saturated heterocycles. The number of hydrogen-bond acceptors (Lipinski definition) is 6. The van der Waals surface area contributed by atoms with Crippen molar-refractivity contribution < 1.29 is 14.1 Å². The van der Waals surface area contributed by atoms with Gasteiger partial charge in [0.2, 0.25) is 5.82 Å². The average molecular weight is 479 g/mol. The van der Waals surface area contributed by atoms with Crippen LogP contribution in [-0.2, 0) is 0 Å². The van der Waals surface area contributed by atoms with E-state index in [1.807, 2.05) is 60.8 Å². The number of aromatic nitrogens is 2. The van der Waals surface area contributed by atoms with Gasteiger partial charge in [0.15, 0.2) is 0 Å². The predicted octanol–water partition coefficient (Wildman–Crippen LogP) is 6.16. The number of allylic oxidation sites excluding steroid dienone is 1. The molecular weight excluding hydrogens is 460 g/mol. The van der Waals surface area contributed by atoms with Crippen LogP contribution in [0.2, 0.25) is 5.02 Å². The van der Waals surface area contributed by atoms with E-state index in [4.69, 9.17) is 20.9 Å². The summed E-state index contributed by atoms with van der Waals surface area (Å²) in [6.45, 7) is 1.87. The van der Waals surface area contributed by atoms with Gasteiger partial charge in [0, 0.05) is 10.7 Å². The van der Waals surface area contributed by atoms with Crippen LogP contribution in [0.25, 0.3) is 16.3 Å². The highest BCUT2D eigenvalue weighted by atomic mass is 35.5. The molecule has 33 heavy (non-hydrogen) atoms. The Labute approximate surface area is 199 Å². The zero-order valence-corrected chi connectivity index (χ0v) is 19.4. The van der Waals surface area contributed by atoms with Crippen LogP contribution >= 0.6 is 22.9 Å². The molecule has 1 unspecified atom stereocenters. The SMILES string of the molecule is COc1ccc(N2C(=O)NC(c3ccc(Cl)cc3)C(c3nc(-c4cccs4)no3)=C2C)cc1. The maximum atomic E-state index is 13.2. The first-order chi connectivity index (χ1) is 16.0. The molecular formula is C24H19ClN4O3S. The molecule has 5 rings (SSSR count). The fourth-order valence-electron chi connectivity index (χ4n) is 3.81. The lowest BCUT2D eigenvalue weighted by Crippen LogP contribution is -2.46. The molecule has 0 spiro atoms. The molecule has 1 aliphatic heterocycles. The number of anilines is 1. The number of nitrogens with zero attached hydrogens (tertiary/aromatic N) is 3. The van der Waals surface area contributed by atoms with E-state index >= 15 is 0 Å². The molecule has 7 nitrogen and oxygen atoms in total. The molecule has 0 aliphatic carbocycles. The molecule has 2 aromatic carbocycles. The Hall–Kier alpha value is -3.62. The summed E-state index contributed by atoms with van der Waals surface area (Å²) in [5.74, 6) is 1.55. The molecule has 1 aliphatic rings. The summed E-state index contributed by atoms with van der Waals surface area (Å²) in [6, 6.07) is 17.7. The van der Waals surface area contributed by atoms with E-state index in [-0.39, 0.29) is 6.03 Å². The molecule has 9 heteroatoms. The summed E-state index contributed by atoms with van der Waals surface area (Å²) < 4.78 is 10.9. The highest BCUT2D eigenvalue weighted by Crippen LogP contribution is 2.39. The van der Waals surface area contributed by atoms with E-state index in [9.17, 15) is 4.79 Å². The van der Waals surface area contributed by atoms with Gasteiger partial charge in [0.25, 0.3) is 5.89 Å². The lowest BCUT2D eigenvalue weighted by Gasteiger charge is -2.35. The number of urea groups is 1. The van der Waals surface area contributed by atoms with Gasteiger partial charge in [-0.2, -0.15) is 4.98 Å². The Morgan fingerprint density at radius 1 is 1.12 bits per heavy atom. The van der Waals surface area contributed by atoms with Crippen molar-refractivity contribution in [2.24, 2.45) is 0 Å². The number of carbonyl (C=O) groups excluding carboxylic acids is 1. The van der Waals surface area contributed by atoms with Crippen molar-refractivity contribution in [1.29, 1.82) is 0 Å². The van der Waals surface area contributed by atoms with Crippen molar-refractivity contribution in [3.05, 3.63) is 88.2 Å². The molecule has 3 heterocycles. The van der Waals surface area contributed by atoms with Crippen LogP contribution in [0.3, 0.4) is 0 Å². The number of ether oxygens (including phenoxy) is 1. The van der Waals surface area contributed by atoms with Gasteiger partial charge in [-0.15, -0.1) is 11.3 Å². The summed E-state index contributed by atoms with van der Waals surface area (Å²) >= 11 is 7.62. The number of rotatable bonds is 5. The highest BCUT2D eigenvalue weighted by molar-refractivity contribution is 7.13. The van der Waals surface area contributed by atoms with Gasteiger partial charge in [-0.3, -0.25) is 4.90 Å². The van der Waals surface area contributed by atoms with Crippen LogP contribution in [0.1, 0.15) is 24.4 Å². The smallest absolute Gasteiger partial charge is 0.326 e. The minimum Gasteiger partial charge on any atom is -0.497 e. The van der Waals surface area contributed by atoms with Crippen LogP contribution in [0.5, 0.6) is 5.75 Å². The minimum absolute atomic E-state index is 0.264. The molecule has 1 atom stereocenters. The lowest BCUT2D eigenvalue weighted by molar-refractivity contribution is 0.244. The van der Waals surface area contributed by atoms with Crippen molar-refractivity contribution in [1.82, 2.24) is 15.5 Å². The summed E-state index contributed by atoms with van der Waals surface area (Å²) in [4.78, 5) is 20.4. The molecule has 0 bridgehead atoms. The number of amides is 2. The van der Waals surface area contributed by atoms with Gasteiger partial charge in [0.05, 0.1) is 29.3 Å². The summed E-state index contributed by atoms with van der Waals surface area (Å²) in [6.07, 6.45) is 0. The van der Waals surface area contributed by atoms with Crippen molar-refractivity contribution in [2.45, 2.75) is 13.0 Å². The number of halogens is 1. The maximum absolute atomic E-state index is 13.2. The first kappa shape index (κ1) is 21.2. The van der Waals surface area contributed by atoms with Crippen LogP contribution in [0, 0.1) is 0 Å². The third-order valence-electron chi connectivity index (χ3n) is 5.42. The first-order valence-corrected chi connectivity index (χ1v) is 11.4. The normalized spacial score (nSPS) is 16.2. The van der Waals surface area contributed by atoms with E-state index < -0.39 is 6.04 Å². The predicted molar refractivity (Wildman–Crippen MR) is 128 cm³/mol. The molecule has 2 aromatic heterocycles. The molecule has 0 radical (unpaired) electrons. The van der Waals surface area contributed by atoms with Gasteiger partial charge in [-0.25, -0.2) is 4.79 Å². The van der Waals surface area contributed by atoms with Crippen LogP contribution in [0.15, 0.2) is 76.3 Å². The van der Waals surface area contributed by atoms with Gasteiger partial charge in [-0.1, -0.05) is 35.0 Å². The highest BCUT2D eigenvalue weighted by Gasteiger charge is 2.36. The van der Waals surface area contributed by atoms with Crippen molar-refractivity contribution in [3.63, 3.8) is 0 Å². The second kappa shape index (κ2) is 8.73. The first-order valence-electron chi connectivity index (χ1n) is 10.1. The number of hydrogen-bond donors (Lipinski definition) is 1. The topological polar surface area (TPSA) is 80.5 Å². The zero-order chi connectivity index (χ0) is 22.9. The number of thiophene rings is 1. The molecule has 2 amide bonds. The number of benzene rings is 2. The van der Waals surface area contributed by atoms with Crippen LogP contribution in [-0.4, -0.2) is 23.3 Å². The second-order valence-corrected chi connectivity index (χ2v) is 8.75. The minimum atomic E-state index is -0.485. The van der Waals surface area contributed by atoms with Gasteiger partial charge in [-0.05, 0) is 60.3 Å². The second-order valence-electron chi connectivity index (χ2n) is 7.37. The van der Waals surface area contributed by atoms with E-state index in [0.29, 0.717) is 39.4 Å². The van der Waals surface area contributed by atoms with Crippen LogP contribution in [0.4, 0.5) is 10.5 Å². The maximum Gasteiger partial charge on any atom is 0.326 e. The van der Waals surface area contributed by atoms with Gasteiger partial charge < -0.3 is 14.6 Å². The third-order valence-corrected chi connectivity index (χ3v) is 6.53. The van der Waals surface area contributed by atoms with E-state index in [1.54, 1.807) is 24.1 Å². The Morgan fingerprint density at radius 2 is 1.88 bits per heavy atom. The molecule has 1 N–H and O–H groups in total. The molecule has 0 fully saturated rings. The number of methoxy groups -OCH3 is 1. The van der Waals surface area contributed by atoms with Gasteiger partial charge >= 0.3 is 6.03 Å². The Bertz CT molecular complexity index is 1310. The lowest BCUT2D eigenvalue weighted by atomic mass is 9.94. The summed E-state index contributed by atoms with van der Waals surface area (Å²) in [7, 11) is 1.60. The number of nitrogens with one attached hydrogen (secondary N) is 1. The molecule has 0 saturated carbocycles. The van der Waals surface area contributed by atoms with E-state index in [0.717, 1.165) is 10.4 Å². The van der Waals surface area contributed by atoms with E-state index in [2.05, 4.69) is 15.5 Å². The third kappa shape index (κ3) is 3.99.